The molecule has 3 aromatic rings. The lowest BCUT2D eigenvalue weighted by Crippen LogP contribution is -2.45. The number of rotatable bonds is 6. The van der Waals surface area contributed by atoms with Gasteiger partial charge in [-0.2, -0.15) is 0 Å². The van der Waals surface area contributed by atoms with Crippen molar-refractivity contribution in [2.24, 2.45) is 0 Å². The topological polar surface area (TPSA) is 95.5 Å². The Bertz CT molecular complexity index is 1250. The molecule has 1 saturated heterocycles. The van der Waals surface area contributed by atoms with Gasteiger partial charge >= 0.3 is 6.03 Å². The normalized spacial score (nSPS) is 17.8. The Kier molecular flexibility index (Phi) is 7.62. The predicted molar refractivity (Wildman–Crippen MR) is 145 cm³/mol. The van der Waals surface area contributed by atoms with E-state index < -0.39 is 0 Å². The van der Waals surface area contributed by atoms with E-state index in [2.05, 4.69) is 39.5 Å². The Labute approximate surface area is 218 Å². The summed E-state index contributed by atoms with van der Waals surface area (Å²) >= 11 is 0. The van der Waals surface area contributed by atoms with E-state index in [-0.39, 0.29) is 12.1 Å². The number of aromatic nitrogens is 3. The number of fused-ring (bicyclic) bond motifs is 1. The molecule has 1 fully saturated rings. The molecule has 2 aliphatic rings. The van der Waals surface area contributed by atoms with Crippen LogP contribution in [0.2, 0.25) is 0 Å². The number of morpholine rings is 1. The Morgan fingerprint density at radius 1 is 1.11 bits per heavy atom. The molecule has 9 heteroatoms. The maximum absolute atomic E-state index is 11.9. The SMILES string of the molecule is CCNC(=O)Nc1ccc(-c2nc3c(c(N4CCOCC4C)n2)CCN(Cc2cccc(C)n2)C3)cc1. The fraction of sp³-hybridized carbons (Fsp3) is 0.429. The number of carbonyl (C=O) groups excluding carboxylic acids is 1. The number of nitrogens with one attached hydrogen (secondary N) is 2. The lowest BCUT2D eigenvalue weighted by atomic mass is 10.0. The summed E-state index contributed by atoms with van der Waals surface area (Å²) in [5, 5.41) is 5.59. The average molecular weight is 502 g/mol. The van der Waals surface area contributed by atoms with Crippen LogP contribution in [0.4, 0.5) is 16.3 Å². The lowest BCUT2D eigenvalue weighted by Gasteiger charge is -2.37. The summed E-state index contributed by atoms with van der Waals surface area (Å²) in [7, 11) is 0. The van der Waals surface area contributed by atoms with Gasteiger partial charge in [-0.3, -0.25) is 9.88 Å². The zero-order chi connectivity index (χ0) is 25.8. The summed E-state index contributed by atoms with van der Waals surface area (Å²) in [5.41, 5.74) is 6.07. The molecule has 0 saturated carbocycles. The van der Waals surface area contributed by atoms with Crippen LogP contribution in [-0.2, 0) is 24.2 Å². The number of carbonyl (C=O) groups is 1. The molecule has 4 heterocycles. The molecule has 2 aromatic heterocycles. The summed E-state index contributed by atoms with van der Waals surface area (Å²) in [5.74, 6) is 1.72. The standard InChI is InChI=1S/C28H35N7O2/c1-4-29-28(36)31-22-10-8-21(9-11-22)26-32-25-17-34(16-23-7-5-6-19(2)30-23)13-12-24(25)27(33-26)35-14-15-37-18-20(35)3/h5-11,20H,4,12-18H2,1-3H3,(H2,29,31,36). The zero-order valence-electron chi connectivity index (χ0n) is 21.8. The molecular weight excluding hydrogens is 466 g/mol. The van der Waals surface area contributed by atoms with E-state index >= 15 is 0 Å². The highest BCUT2D eigenvalue weighted by atomic mass is 16.5. The highest BCUT2D eigenvalue weighted by Crippen LogP contribution is 2.32. The molecule has 0 bridgehead atoms. The fourth-order valence-electron chi connectivity index (χ4n) is 4.96. The number of hydrogen-bond acceptors (Lipinski definition) is 7. The van der Waals surface area contributed by atoms with E-state index in [4.69, 9.17) is 19.7 Å². The van der Waals surface area contributed by atoms with Crippen LogP contribution in [0.1, 0.15) is 36.5 Å². The second kappa shape index (κ2) is 11.2. The largest absolute Gasteiger partial charge is 0.377 e. The number of benzene rings is 1. The van der Waals surface area contributed by atoms with Crippen molar-refractivity contribution < 1.29 is 9.53 Å². The van der Waals surface area contributed by atoms with Crippen LogP contribution >= 0.6 is 0 Å². The molecule has 194 valence electrons. The van der Waals surface area contributed by atoms with Crippen molar-refractivity contribution in [2.75, 3.05) is 43.1 Å². The average Bonchev–Trinajstić information content (AvgIpc) is 2.89. The summed E-state index contributed by atoms with van der Waals surface area (Å²) in [6, 6.07) is 13.9. The summed E-state index contributed by atoms with van der Waals surface area (Å²) < 4.78 is 5.71. The minimum atomic E-state index is -0.216. The van der Waals surface area contributed by atoms with Crippen LogP contribution in [0.5, 0.6) is 0 Å². The molecule has 1 aromatic carbocycles. The highest BCUT2D eigenvalue weighted by Gasteiger charge is 2.29. The second-order valence-corrected chi connectivity index (χ2v) is 9.71. The van der Waals surface area contributed by atoms with Crippen molar-refractivity contribution in [3.63, 3.8) is 0 Å². The predicted octanol–water partition coefficient (Wildman–Crippen LogP) is 3.77. The van der Waals surface area contributed by atoms with Crippen LogP contribution in [0.3, 0.4) is 0 Å². The van der Waals surface area contributed by atoms with Gasteiger partial charge in [-0.1, -0.05) is 6.07 Å². The monoisotopic (exact) mass is 501 g/mol. The highest BCUT2D eigenvalue weighted by molar-refractivity contribution is 5.89. The van der Waals surface area contributed by atoms with E-state index in [0.717, 1.165) is 66.8 Å². The Morgan fingerprint density at radius 3 is 2.70 bits per heavy atom. The van der Waals surface area contributed by atoms with Crippen LogP contribution in [0.15, 0.2) is 42.5 Å². The van der Waals surface area contributed by atoms with Crippen molar-refractivity contribution in [3.05, 3.63) is 65.1 Å². The summed E-state index contributed by atoms with van der Waals surface area (Å²) in [6.07, 6.45) is 0.899. The number of hydrogen-bond donors (Lipinski definition) is 2. The number of aryl methyl sites for hydroxylation is 1. The maximum atomic E-state index is 11.9. The molecule has 1 unspecified atom stereocenters. The van der Waals surface area contributed by atoms with Gasteiger partial charge in [0.1, 0.15) is 5.82 Å². The first-order valence-electron chi connectivity index (χ1n) is 13.0. The molecule has 0 aliphatic carbocycles. The molecular formula is C28H35N7O2. The van der Waals surface area contributed by atoms with Gasteiger partial charge < -0.3 is 20.3 Å². The Hall–Kier alpha value is -3.56. The summed E-state index contributed by atoms with van der Waals surface area (Å²) in [6.45, 7) is 11.4. The molecule has 5 rings (SSSR count). The zero-order valence-corrected chi connectivity index (χ0v) is 21.8. The quantitative estimate of drug-likeness (QED) is 0.531. The molecule has 9 nitrogen and oxygen atoms in total. The smallest absolute Gasteiger partial charge is 0.319 e. The van der Waals surface area contributed by atoms with Gasteiger partial charge in [0.2, 0.25) is 0 Å². The van der Waals surface area contributed by atoms with E-state index in [9.17, 15) is 4.79 Å². The van der Waals surface area contributed by atoms with E-state index in [1.54, 1.807) is 0 Å². The number of nitrogens with zero attached hydrogens (tertiary/aromatic N) is 5. The Morgan fingerprint density at radius 2 is 1.95 bits per heavy atom. The van der Waals surface area contributed by atoms with Crippen LogP contribution in [0.25, 0.3) is 11.4 Å². The van der Waals surface area contributed by atoms with Crippen LogP contribution < -0.4 is 15.5 Å². The number of pyridine rings is 1. The van der Waals surface area contributed by atoms with E-state index in [1.807, 2.05) is 44.2 Å². The van der Waals surface area contributed by atoms with Gasteiger partial charge in [0.05, 0.1) is 30.6 Å². The van der Waals surface area contributed by atoms with E-state index in [0.29, 0.717) is 25.6 Å². The first-order chi connectivity index (χ1) is 18.0. The van der Waals surface area contributed by atoms with Gasteiger partial charge in [0.15, 0.2) is 5.82 Å². The molecule has 2 aliphatic heterocycles. The van der Waals surface area contributed by atoms with Gasteiger partial charge in [-0.25, -0.2) is 14.8 Å². The minimum absolute atomic E-state index is 0.216. The lowest BCUT2D eigenvalue weighted by molar-refractivity contribution is 0.0983. The molecule has 2 amide bonds. The molecule has 0 radical (unpaired) electrons. The molecule has 37 heavy (non-hydrogen) atoms. The second-order valence-electron chi connectivity index (χ2n) is 9.71. The van der Waals surface area contributed by atoms with Crippen molar-refractivity contribution in [3.8, 4) is 11.4 Å². The molecule has 1 atom stereocenters. The van der Waals surface area contributed by atoms with Gasteiger partial charge in [-0.05, 0) is 63.6 Å². The van der Waals surface area contributed by atoms with Gasteiger partial charge in [0, 0.05) is 55.2 Å². The Balaban J connectivity index is 1.45. The molecule has 0 spiro atoms. The van der Waals surface area contributed by atoms with Crippen molar-refractivity contribution in [1.82, 2.24) is 25.2 Å². The van der Waals surface area contributed by atoms with Gasteiger partial charge in [0.25, 0.3) is 0 Å². The third kappa shape index (κ3) is 5.89. The maximum Gasteiger partial charge on any atom is 0.319 e. The van der Waals surface area contributed by atoms with E-state index in [1.165, 1.54) is 5.56 Å². The minimum Gasteiger partial charge on any atom is -0.377 e. The molecule has 2 N–H and O–H groups in total. The fourth-order valence-corrected chi connectivity index (χ4v) is 4.96. The van der Waals surface area contributed by atoms with Crippen LogP contribution in [-0.4, -0.2) is 64.8 Å². The number of ether oxygens (including phenoxy) is 1. The van der Waals surface area contributed by atoms with Crippen LogP contribution in [0, 0.1) is 6.92 Å². The van der Waals surface area contributed by atoms with Gasteiger partial charge in [-0.15, -0.1) is 0 Å². The van der Waals surface area contributed by atoms with Crippen molar-refractivity contribution in [1.29, 1.82) is 0 Å². The number of anilines is 2. The first-order valence-corrected chi connectivity index (χ1v) is 13.0. The van der Waals surface area contributed by atoms with Crippen molar-refractivity contribution in [2.45, 2.75) is 46.3 Å². The number of urea groups is 1. The van der Waals surface area contributed by atoms with Crippen molar-refractivity contribution >= 4 is 17.5 Å². The third-order valence-corrected chi connectivity index (χ3v) is 6.83. The first kappa shape index (κ1) is 25.1. The summed E-state index contributed by atoms with van der Waals surface area (Å²) in [4.78, 5) is 31.5. The number of amides is 2. The third-order valence-electron chi connectivity index (χ3n) is 6.83.